The van der Waals surface area contributed by atoms with Gasteiger partial charge in [0.2, 0.25) is 12.5 Å². The summed E-state index contributed by atoms with van der Waals surface area (Å²) in [7, 11) is 1.55. The molecule has 3 aromatic rings. The van der Waals surface area contributed by atoms with E-state index in [1.165, 1.54) is 4.90 Å². The number of carbonyl (C=O) groups is 2. The van der Waals surface area contributed by atoms with Crippen molar-refractivity contribution in [2.45, 2.75) is 6.92 Å². The van der Waals surface area contributed by atoms with E-state index in [0.29, 0.717) is 45.2 Å². The van der Waals surface area contributed by atoms with Gasteiger partial charge in [0.15, 0.2) is 11.5 Å². The summed E-state index contributed by atoms with van der Waals surface area (Å²) in [6.07, 6.45) is 1.75. The summed E-state index contributed by atoms with van der Waals surface area (Å²) >= 11 is 0. The van der Waals surface area contributed by atoms with Crippen molar-refractivity contribution in [3.63, 3.8) is 0 Å². The number of carbonyl (C=O) groups excluding carboxylic acids is 2. The van der Waals surface area contributed by atoms with Gasteiger partial charge in [-0.1, -0.05) is 35.9 Å². The molecule has 0 saturated heterocycles. The normalized spacial score (nSPS) is 15.9. The first-order chi connectivity index (χ1) is 15.1. The predicted molar refractivity (Wildman–Crippen MR) is 116 cm³/mol. The maximum atomic E-state index is 13.5. The van der Waals surface area contributed by atoms with Gasteiger partial charge in [-0.2, -0.15) is 0 Å². The Kier molecular flexibility index (Phi) is 4.47. The maximum Gasteiger partial charge on any atom is 0.265 e. The van der Waals surface area contributed by atoms with E-state index >= 15 is 0 Å². The molecule has 2 amide bonds. The van der Waals surface area contributed by atoms with Crippen LogP contribution in [0.5, 0.6) is 17.2 Å². The Morgan fingerprint density at radius 2 is 1.68 bits per heavy atom. The van der Waals surface area contributed by atoms with Gasteiger partial charge in [0.05, 0.1) is 12.8 Å². The van der Waals surface area contributed by atoms with Crippen LogP contribution in [0, 0.1) is 6.92 Å². The molecule has 0 atom stereocenters. The smallest absolute Gasteiger partial charge is 0.265 e. The zero-order chi connectivity index (χ0) is 21.5. The van der Waals surface area contributed by atoms with Crippen LogP contribution in [0.1, 0.15) is 27.0 Å². The Labute approximate surface area is 179 Å². The topological polar surface area (TPSA) is 65.1 Å². The van der Waals surface area contributed by atoms with E-state index < -0.39 is 0 Å². The number of anilines is 1. The molecular formula is C25H19NO5. The van der Waals surface area contributed by atoms with Crippen LogP contribution in [0.15, 0.2) is 60.7 Å². The number of hydrogen-bond acceptors (Lipinski definition) is 5. The zero-order valence-corrected chi connectivity index (χ0v) is 17.0. The Hall–Kier alpha value is -4.06. The lowest BCUT2D eigenvalue weighted by molar-refractivity contribution is -0.112. The number of imide groups is 1. The largest absolute Gasteiger partial charge is 0.493 e. The minimum Gasteiger partial charge on any atom is -0.493 e. The second kappa shape index (κ2) is 7.32. The molecule has 5 rings (SSSR count). The molecule has 3 aromatic carbocycles. The summed E-state index contributed by atoms with van der Waals surface area (Å²) in [4.78, 5) is 27.9. The second-order valence-corrected chi connectivity index (χ2v) is 7.34. The van der Waals surface area contributed by atoms with Gasteiger partial charge in [0.1, 0.15) is 0 Å². The standard InChI is InChI=1S/C25H19NO5/c1-15-7-9-17(10-8-15)26-24(27)19-6-4-3-5-18(19)20(25(26)28)11-16-12-21(29-2)23-22(13-16)30-14-31-23/h3-13H,14H2,1-2H3/b20-11-. The number of fused-ring (bicyclic) bond motifs is 2. The highest BCUT2D eigenvalue weighted by Gasteiger charge is 2.35. The van der Waals surface area contributed by atoms with Gasteiger partial charge < -0.3 is 14.2 Å². The van der Waals surface area contributed by atoms with Crippen molar-refractivity contribution >= 4 is 29.2 Å². The summed E-state index contributed by atoms with van der Waals surface area (Å²) in [5.74, 6) is 0.879. The van der Waals surface area contributed by atoms with Crippen LogP contribution in [0.25, 0.3) is 11.6 Å². The van der Waals surface area contributed by atoms with Gasteiger partial charge in [0, 0.05) is 11.1 Å². The fourth-order valence-electron chi connectivity index (χ4n) is 3.82. The number of aryl methyl sites for hydroxylation is 1. The summed E-state index contributed by atoms with van der Waals surface area (Å²) in [5.41, 5.74) is 3.77. The summed E-state index contributed by atoms with van der Waals surface area (Å²) in [5, 5.41) is 0. The van der Waals surface area contributed by atoms with E-state index in [4.69, 9.17) is 14.2 Å². The van der Waals surface area contributed by atoms with Crippen molar-refractivity contribution in [3.8, 4) is 17.2 Å². The second-order valence-electron chi connectivity index (χ2n) is 7.34. The first-order valence-corrected chi connectivity index (χ1v) is 9.81. The van der Waals surface area contributed by atoms with Crippen LogP contribution in [-0.4, -0.2) is 25.7 Å². The minimum atomic E-state index is -0.385. The van der Waals surface area contributed by atoms with E-state index in [0.717, 1.165) is 5.56 Å². The van der Waals surface area contributed by atoms with E-state index in [1.807, 2.05) is 25.1 Å². The number of ether oxygens (including phenoxy) is 3. The van der Waals surface area contributed by atoms with Crippen LogP contribution in [0.2, 0.25) is 0 Å². The van der Waals surface area contributed by atoms with Gasteiger partial charge in [0.25, 0.3) is 11.8 Å². The minimum absolute atomic E-state index is 0.114. The van der Waals surface area contributed by atoms with Crippen molar-refractivity contribution < 1.29 is 23.8 Å². The fourth-order valence-corrected chi connectivity index (χ4v) is 3.82. The third kappa shape index (κ3) is 3.13. The highest BCUT2D eigenvalue weighted by molar-refractivity contribution is 6.43. The summed E-state index contributed by atoms with van der Waals surface area (Å²) in [6.45, 7) is 2.07. The molecule has 0 N–H and O–H groups in total. The average Bonchev–Trinajstić information content (AvgIpc) is 3.26. The first-order valence-electron chi connectivity index (χ1n) is 9.81. The first kappa shape index (κ1) is 18.9. The van der Waals surface area contributed by atoms with Crippen molar-refractivity contribution in [3.05, 3.63) is 82.9 Å². The molecule has 2 aliphatic heterocycles. The van der Waals surface area contributed by atoms with Crippen molar-refractivity contribution in [2.75, 3.05) is 18.8 Å². The van der Waals surface area contributed by atoms with Crippen LogP contribution in [0.4, 0.5) is 5.69 Å². The number of rotatable bonds is 3. The van der Waals surface area contributed by atoms with Crippen LogP contribution in [0.3, 0.4) is 0 Å². The molecule has 0 aliphatic carbocycles. The lowest BCUT2D eigenvalue weighted by Gasteiger charge is -2.28. The Bertz CT molecular complexity index is 1240. The lowest BCUT2D eigenvalue weighted by atomic mass is 9.91. The molecule has 2 aliphatic rings. The van der Waals surface area contributed by atoms with E-state index in [2.05, 4.69) is 0 Å². The van der Waals surface area contributed by atoms with Crippen LogP contribution < -0.4 is 19.1 Å². The molecule has 0 fully saturated rings. The lowest BCUT2D eigenvalue weighted by Crippen LogP contribution is -2.41. The third-order valence-corrected chi connectivity index (χ3v) is 5.37. The highest BCUT2D eigenvalue weighted by Crippen LogP contribution is 2.43. The number of methoxy groups -OCH3 is 1. The molecule has 0 radical (unpaired) electrons. The van der Waals surface area contributed by atoms with Crippen molar-refractivity contribution in [1.82, 2.24) is 0 Å². The molecule has 0 aromatic heterocycles. The molecule has 154 valence electrons. The monoisotopic (exact) mass is 413 g/mol. The summed E-state index contributed by atoms with van der Waals surface area (Å²) in [6, 6.07) is 18.0. The quantitative estimate of drug-likeness (QED) is 0.469. The maximum absolute atomic E-state index is 13.5. The molecule has 0 spiro atoms. The fraction of sp³-hybridized carbons (Fsp3) is 0.120. The van der Waals surface area contributed by atoms with Gasteiger partial charge in [-0.15, -0.1) is 0 Å². The molecular weight excluding hydrogens is 394 g/mol. The van der Waals surface area contributed by atoms with Crippen molar-refractivity contribution in [2.24, 2.45) is 0 Å². The average molecular weight is 413 g/mol. The number of nitrogens with zero attached hydrogens (tertiary/aromatic N) is 1. The van der Waals surface area contributed by atoms with Gasteiger partial charge in [-0.3, -0.25) is 9.59 Å². The number of amides is 2. The molecule has 6 heteroatoms. The Morgan fingerprint density at radius 3 is 2.42 bits per heavy atom. The van der Waals surface area contributed by atoms with Gasteiger partial charge in [-0.25, -0.2) is 4.90 Å². The van der Waals surface area contributed by atoms with Crippen LogP contribution >= 0.6 is 0 Å². The Balaban J connectivity index is 1.67. The molecule has 0 unspecified atom stereocenters. The van der Waals surface area contributed by atoms with E-state index in [9.17, 15) is 9.59 Å². The third-order valence-electron chi connectivity index (χ3n) is 5.37. The summed E-state index contributed by atoms with van der Waals surface area (Å²) < 4.78 is 16.4. The SMILES string of the molecule is COc1cc(/C=C2\C(=O)N(c3ccc(C)cc3)C(=O)c3ccccc32)cc2c1OCO2. The molecule has 0 bridgehead atoms. The Morgan fingerprint density at radius 1 is 0.935 bits per heavy atom. The number of benzene rings is 3. The number of hydrogen-bond donors (Lipinski definition) is 0. The van der Waals surface area contributed by atoms with Gasteiger partial charge in [-0.05, 0) is 54.5 Å². The van der Waals surface area contributed by atoms with Crippen LogP contribution in [-0.2, 0) is 4.79 Å². The zero-order valence-electron chi connectivity index (χ0n) is 17.0. The molecule has 2 heterocycles. The predicted octanol–water partition coefficient (Wildman–Crippen LogP) is 4.46. The van der Waals surface area contributed by atoms with Crippen molar-refractivity contribution in [1.29, 1.82) is 0 Å². The molecule has 0 saturated carbocycles. The molecule has 31 heavy (non-hydrogen) atoms. The van der Waals surface area contributed by atoms with E-state index in [-0.39, 0.29) is 18.6 Å². The van der Waals surface area contributed by atoms with E-state index in [1.54, 1.807) is 55.7 Å². The van der Waals surface area contributed by atoms with Gasteiger partial charge >= 0.3 is 0 Å². The highest BCUT2D eigenvalue weighted by atomic mass is 16.7. The molecule has 6 nitrogen and oxygen atoms in total.